The summed E-state index contributed by atoms with van der Waals surface area (Å²) in [4.78, 5) is 16.5. The highest BCUT2D eigenvalue weighted by Gasteiger charge is 2.41. The summed E-state index contributed by atoms with van der Waals surface area (Å²) in [6, 6.07) is 0. The SMILES string of the molecule is Cc1nn(C)cc1CN1CCC2(CCC(=O)N(C[C@H](C)O)C2)CC1. The Balaban J connectivity index is 1.57. The van der Waals surface area contributed by atoms with E-state index < -0.39 is 6.10 Å². The molecule has 1 aromatic rings. The minimum atomic E-state index is -0.447. The lowest BCUT2D eigenvalue weighted by Gasteiger charge is -2.47. The number of carbonyl (C=O) groups excluding carboxylic acids is 1. The zero-order valence-electron chi connectivity index (χ0n) is 15.2. The smallest absolute Gasteiger partial charge is 0.222 e. The molecule has 0 unspecified atom stereocenters. The monoisotopic (exact) mass is 334 g/mol. The van der Waals surface area contributed by atoms with Gasteiger partial charge in [0, 0.05) is 44.9 Å². The van der Waals surface area contributed by atoms with Crippen LogP contribution in [0, 0.1) is 12.3 Å². The highest BCUT2D eigenvalue weighted by Crippen LogP contribution is 2.40. The third-order valence-corrected chi connectivity index (χ3v) is 5.66. The third kappa shape index (κ3) is 3.81. The summed E-state index contributed by atoms with van der Waals surface area (Å²) in [7, 11) is 1.97. The van der Waals surface area contributed by atoms with Gasteiger partial charge in [0.05, 0.1) is 11.8 Å². The Morgan fingerprint density at radius 2 is 2.04 bits per heavy atom. The average Bonchev–Trinajstić information content (AvgIpc) is 2.83. The number of likely N-dealkylation sites (tertiary alicyclic amines) is 2. The van der Waals surface area contributed by atoms with Gasteiger partial charge in [0.15, 0.2) is 0 Å². The molecule has 134 valence electrons. The van der Waals surface area contributed by atoms with Crippen molar-refractivity contribution in [2.75, 3.05) is 26.2 Å². The van der Waals surface area contributed by atoms with Crippen molar-refractivity contribution in [2.45, 2.75) is 52.2 Å². The van der Waals surface area contributed by atoms with Crippen LogP contribution in [0.4, 0.5) is 0 Å². The molecule has 24 heavy (non-hydrogen) atoms. The van der Waals surface area contributed by atoms with Gasteiger partial charge in [-0.15, -0.1) is 0 Å². The Morgan fingerprint density at radius 1 is 1.33 bits per heavy atom. The standard InChI is InChI=1S/C18H30N4O2/c1-14(23)10-22-13-18(5-4-17(22)24)6-8-21(9-7-18)12-16-11-20(3)19-15(16)2/h11,14,23H,4-10,12-13H2,1-3H3/t14-/m0/s1. The van der Waals surface area contributed by atoms with E-state index in [9.17, 15) is 9.90 Å². The number of carbonyl (C=O) groups is 1. The second-order valence-corrected chi connectivity index (χ2v) is 7.81. The van der Waals surface area contributed by atoms with Gasteiger partial charge in [-0.05, 0) is 51.6 Å². The van der Waals surface area contributed by atoms with Crippen LogP contribution in [-0.4, -0.2) is 62.9 Å². The van der Waals surface area contributed by atoms with Crippen molar-refractivity contribution >= 4 is 5.91 Å². The van der Waals surface area contributed by atoms with Gasteiger partial charge < -0.3 is 10.0 Å². The number of aliphatic hydroxyl groups excluding tert-OH is 1. The lowest BCUT2D eigenvalue weighted by atomic mass is 9.72. The average molecular weight is 334 g/mol. The summed E-state index contributed by atoms with van der Waals surface area (Å²) < 4.78 is 1.89. The molecule has 3 heterocycles. The van der Waals surface area contributed by atoms with Crippen molar-refractivity contribution in [3.8, 4) is 0 Å². The van der Waals surface area contributed by atoms with Gasteiger partial charge >= 0.3 is 0 Å². The summed E-state index contributed by atoms with van der Waals surface area (Å²) >= 11 is 0. The van der Waals surface area contributed by atoms with Gasteiger partial charge in [0.25, 0.3) is 0 Å². The number of amides is 1. The second-order valence-electron chi connectivity index (χ2n) is 7.81. The molecule has 1 amide bonds. The molecular weight excluding hydrogens is 304 g/mol. The molecule has 0 bridgehead atoms. The van der Waals surface area contributed by atoms with E-state index in [1.165, 1.54) is 5.56 Å². The highest BCUT2D eigenvalue weighted by atomic mass is 16.3. The number of aliphatic hydroxyl groups is 1. The van der Waals surface area contributed by atoms with E-state index in [4.69, 9.17) is 0 Å². The maximum Gasteiger partial charge on any atom is 0.222 e. The van der Waals surface area contributed by atoms with Crippen molar-refractivity contribution in [3.05, 3.63) is 17.5 Å². The van der Waals surface area contributed by atoms with Crippen LogP contribution in [0.3, 0.4) is 0 Å². The predicted octanol–water partition coefficient (Wildman–Crippen LogP) is 1.31. The van der Waals surface area contributed by atoms with Gasteiger partial charge in [-0.25, -0.2) is 0 Å². The topological polar surface area (TPSA) is 61.6 Å². The quantitative estimate of drug-likeness (QED) is 0.902. The molecule has 1 N–H and O–H groups in total. The molecule has 2 fully saturated rings. The third-order valence-electron chi connectivity index (χ3n) is 5.66. The Kier molecular flexibility index (Phi) is 4.97. The molecule has 0 saturated carbocycles. The Bertz CT molecular complexity index is 588. The first-order chi connectivity index (χ1) is 11.4. The van der Waals surface area contributed by atoms with Crippen LogP contribution in [0.5, 0.6) is 0 Å². The van der Waals surface area contributed by atoms with Crippen LogP contribution in [0.2, 0.25) is 0 Å². The van der Waals surface area contributed by atoms with Crippen LogP contribution >= 0.6 is 0 Å². The van der Waals surface area contributed by atoms with E-state index in [1.807, 2.05) is 16.6 Å². The van der Waals surface area contributed by atoms with Gasteiger partial charge in [-0.2, -0.15) is 5.10 Å². The number of hydrogen-bond acceptors (Lipinski definition) is 4. The largest absolute Gasteiger partial charge is 0.392 e. The zero-order valence-corrected chi connectivity index (χ0v) is 15.2. The summed E-state index contributed by atoms with van der Waals surface area (Å²) in [6.45, 7) is 8.23. The fourth-order valence-corrected chi connectivity index (χ4v) is 4.23. The number of rotatable bonds is 4. The summed E-state index contributed by atoms with van der Waals surface area (Å²) in [5.74, 6) is 0.204. The van der Waals surface area contributed by atoms with Crippen LogP contribution < -0.4 is 0 Å². The van der Waals surface area contributed by atoms with E-state index >= 15 is 0 Å². The van der Waals surface area contributed by atoms with E-state index in [0.717, 1.165) is 51.1 Å². The minimum absolute atomic E-state index is 0.204. The molecule has 0 radical (unpaired) electrons. The fraction of sp³-hybridized carbons (Fsp3) is 0.778. The number of hydrogen-bond donors (Lipinski definition) is 1. The molecule has 2 saturated heterocycles. The van der Waals surface area contributed by atoms with Crippen molar-refractivity contribution in [1.29, 1.82) is 0 Å². The summed E-state index contributed by atoms with van der Waals surface area (Å²) in [5.41, 5.74) is 2.68. The zero-order chi connectivity index (χ0) is 17.3. The molecule has 1 spiro atoms. The molecule has 3 rings (SSSR count). The fourth-order valence-electron chi connectivity index (χ4n) is 4.23. The van der Waals surface area contributed by atoms with Crippen molar-refractivity contribution < 1.29 is 9.90 Å². The van der Waals surface area contributed by atoms with Crippen LogP contribution in [0.25, 0.3) is 0 Å². The van der Waals surface area contributed by atoms with Gasteiger partial charge in [0.1, 0.15) is 0 Å². The van der Waals surface area contributed by atoms with Gasteiger partial charge in [-0.1, -0.05) is 0 Å². The summed E-state index contributed by atoms with van der Waals surface area (Å²) in [5, 5.41) is 14.1. The molecule has 2 aliphatic rings. The van der Waals surface area contributed by atoms with Crippen molar-refractivity contribution in [1.82, 2.24) is 19.6 Å². The molecule has 6 heteroatoms. The van der Waals surface area contributed by atoms with E-state index in [1.54, 1.807) is 6.92 Å². The Hall–Kier alpha value is -1.40. The molecule has 1 atom stereocenters. The lowest BCUT2D eigenvalue weighted by molar-refractivity contribution is -0.140. The van der Waals surface area contributed by atoms with E-state index in [-0.39, 0.29) is 11.3 Å². The molecular formula is C18H30N4O2. The maximum absolute atomic E-state index is 12.1. The van der Waals surface area contributed by atoms with Crippen LogP contribution in [-0.2, 0) is 18.4 Å². The number of β-amino-alcohol motifs (C(OH)–C–C–N with tert-alkyl or cyclic N) is 1. The molecule has 6 nitrogen and oxygen atoms in total. The number of nitrogens with zero attached hydrogens (tertiary/aromatic N) is 4. The number of piperidine rings is 2. The van der Waals surface area contributed by atoms with Crippen LogP contribution in [0.1, 0.15) is 43.9 Å². The second kappa shape index (κ2) is 6.84. The van der Waals surface area contributed by atoms with Crippen molar-refractivity contribution in [3.63, 3.8) is 0 Å². The number of aryl methyl sites for hydroxylation is 2. The minimum Gasteiger partial charge on any atom is -0.392 e. The molecule has 1 aromatic heterocycles. The van der Waals surface area contributed by atoms with Gasteiger partial charge in [0.2, 0.25) is 5.91 Å². The summed E-state index contributed by atoms with van der Waals surface area (Å²) in [6.07, 6.45) is 5.57. The van der Waals surface area contributed by atoms with Crippen LogP contribution in [0.15, 0.2) is 6.20 Å². The Morgan fingerprint density at radius 3 is 2.62 bits per heavy atom. The van der Waals surface area contributed by atoms with Gasteiger partial charge in [-0.3, -0.25) is 14.4 Å². The first-order valence-corrected chi connectivity index (χ1v) is 9.04. The lowest BCUT2D eigenvalue weighted by Crippen LogP contribution is -2.52. The molecule has 0 aromatic carbocycles. The first-order valence-electron chi connectivity index (χ1n) is 9.04. The number of aromatic nitrogens is 2. The van der Waals surface area contributed by atoms with Crippen molar-refractivity contribution in [2.24, 2.45) is 12.5 Å². The van der Waals surface area contributed by atoms with E-state index in [0.29, 0.717) is 13.0 Å². The maximum atomic E-state index is 12.1. The molecule has 2 aliphatic heterocycles. The Labute approximate surface area is 144 Å². The predicted molar refractivity (Wildman–Crippen MR) is 92.4 cm³/mol. The molecule has 0 aliphatic carbocycles. The normalized spacial score (nSPS) is 23.0. The first kappa shape index (κ1) is 17.4. The van der Waals surface area contributed by atoms with E-state index in [2.05, 4.69) is 23.1 Å². The highest BCUT2D eigenvalue weighted by molar-refractivity contribution is 5.77.